The van der Waals surface area contributed by atoms with E-state index in [-0.39, 0.29) is 18.6 Å². The van der Waals surface area contributed by atoms with E-state index >= 15 is 0 Å². The second-order valence-corrected chi connectivity index (χ2v) is 4.59. The molecule has 7 heteroatoms. The van der Waals surface area contributed by atoms with Gasteiger partial charge in [-0.25, -0.2) is 0 Å². The fourth-order valence-electron chi connectivity index (χ4n) is 2.22. The summed E-state index contributed by atoms with van der Waals surface area (Å²) in [7, 11) is 1.35. The quantitative estimate of drug-likeness (QED) is 0.552. The maximum atomic E-state index is 11.9. The number of hydrogen-bond acceptors (Lipinski definition) is 4. The zero-order valence-corrected chi connectivity index (χ0v) is 11.0. The molecule has 0 aromatic rings. The zero-order valence-electron chi connectivity index (χ0n) is 11.0. The summed E-state index contributed by atoms with van der Waals surface area (Å²) in [6.45, 7) is 0.161. The minimum atomic E-state index is -4.28. The Balaban J connectivity index is 2.24. The van der Waals surface area contributed by atoms with Crippen LogP contribution in [0, 0.1) is 0 Å². The highest BCUT2D eigenvalue weighted by molar-refractivity contribution is 5.75. The van der Waals surface area contributed by atoms with Gasteiger partial charge in [-0.2, -0.15) is 13.2 Å². The van der Waals surface area contributed by atoms with Crippen molar-refractivity contribution in [2.45, 2.75) is 37.9 Å². The van der Waals surface area contributed by atoms with Crippen molar-refractivity contribution in [1.29, 1.82) is 0 Å². The molecule has 0 bridgehead atoms. The summed E-state index contributed by atoms with van der Waals surface area (Å²) in [5, 5.41) is 0. The van der Waals surface area contributed by atoms with Crippen molar-refractivity contribution >= 4 is 5.97 Å². The summed E-state index contributed by atoms with van der Waals surface area (Å²) < 4.78 is 44.8. The molecule has 1 aliphatic rings. The normalized spacial score (nSPS) is 21.4. The van der Waals surface area contributed by atoms with Gasteiger partial charge in [0.1, 0.15) is 12.6 Å². The molecule has 1 heterocycles. The lowest BCUT2D eigenvalue weighted by atomic mass is 10.0. The van der Waals surface area contributed by atoms with Gasteiger partial charge in [0.25, 0.3) is 0 Å². The number of rotatable bonds is 6. The van der Waals surface area contributed by atoms with Crippen LogP contribution in [-0.4, -0.2) is 56.5 Å². The Morgan fingerprint density at radius 2 is 2.11 bits per heavy atom. The highest BCUT2D eigenvalue weighted by atomic mass is 19.4. The van der Waals surface area contributed by atoms with Crippen LogP contribution in [0.3, 0.4) is 0 Å². The average Bonchev–Trinajstić information content (AvgIpc) is 2.36. The van der Waals surface area contributed by atoms with Crippen LogP contribution in [0.1, 0.15) is 25.7 Å². The first-order valence-corrected chi connectivity index (χ1v) is 6.40. The lowest BCUT2D eigenvalue weighted by molar-refractivity contribution is -0.174. The molecule has 4 nitrogen and oxygen atoms in total. The molecule has 1 aliphatic heterocycles. The highest BCUT2D eigenvalue weighted by Crippen LogP contribution is 2.18. The number of carbonyl (C=O) groups is 1. The highest BCUT2D eigenvalue weighted by Gasteiger charge is 2.29. The summed E-state index contributed by atoms with van der Waals surface area (Å²) in [4.78, 5) is 13.5. The van der Waals surface area contributed by atoms with Gasteiger partial charge >= 0.3 is 12.1 Å². The van der Waals surface area contributed by atoms with E-state index in [4.69, 9.17) is 4.74 Å². The fourth-order valence-corrected chi connectivity index (χ4v) is 2.22. The molecule has 0 N–H and O–H groups in total. The Kier molecular flexibility index (Phi) is 6.57. The monoisotopic (exact) mass is 283 g/mol. The van der Waals surface area contributed by atoms with E-state index in [2.05, 4.69) is 4.74 Å². The molecule has 0 aromatic carbocycles. The number of piperidine rings is 1. The predicted octanol–water partition coefficient (Wildman–Crippen LogP) is 1.98. The standard InChI is InChI=1S/C12H20F3NO3/c1-18-11(17)10-5-2-3-6-16(10)7-4-8-19-9-12(13,14)15/h10H,2-9H2,1H3/t10-/m1/s1. The number of halogens is 3. The number of ether oxygens (including phenoxy) is 2. The summed E-state index contributed by atoms with van der Waals surface area (Å²) in [6, 6.07) is -0.263. The summed E-state index contributed by atoms with van der Waals surface area (Å²) >= 11 is 0. The molecule has 1 atom stereocenters. The first-order valence-electron chi connectivity index (χ1n) is 6.40. The second kappa shape index (κ2) is 7.69. The van der Waals surface area contributed by atoms with Crippen LogP contribution in [0.4, 0.5) is 13.2 Å². The van der Waals surface area contributed by atoms with Crippen LogP contribution >= 0.6 is 0 Å². The Bertz CT molecular complexity index is 284. The van der Waals surface area contributed by atoms with E-state index < -0.39 is 12.8 Å². The minimum absolute atomic E-state index is 0.0455. The smallest absolute Gasteiger partial charge is 0.411 e. The molecule has 1 rings (SSSR count). The average molecular weight is 283 g/mol. The van der Waals surface area contributed by atoms with Crippen LogP contribution in [-0.2, 0) is 14.3 Å². The largest absolute Gasteiger partial charge is 0.468 e. The second-order valence-electron chi connectivity index (χ2n) is 4.59. The summed E-state index contributed by atoms with van der Waals surface area (Å²) in [5.41, 5.74) is 0. The van der Waals surface area contributed by atoms with Crippen LogP contribution in [0.2, 0.25) is 0 Å². The number of carbonyl (C=O) groups excluding carboxylic acids is 1. The van der Waals surface area contributed by atoms with Crippen molar-refractivity contribution in [3.05, 3.63) is 0 Å². The van der Waals surface area contributed by atoms with E-state index in [0.717, 1.165) is 25.8 Å². The van der Waals surface area contributed by atoms with Gasteiger partial charge in [-0.1, -0.05) is 6.42 Å². The van der Waals surface area contributed by atoms with E-state index in [9.17, 15) is 18.0 Å². The summed E-state index contributed by atoms with van der Waals surface area (Å²) in [6.07, 6.45) is -1.09. The van der Waals surface area contributed by atoms with Gasteiger partial charge in [0.2, 0.25) is 0 Å². The first-order chi connectivity index (χ1) is 8.94. The topological polar surface area (TPSA) is 38.8 Å². The zero-order chi connectivity index (χ0) is 14.3. The van der Waals surface area contributed by atoms with Gasteiger partial charge in [0.05, 0.1) is 7.11 Å². The maximum absolute atomic E-state index is 11.9. The molecule has 19 heavy (non-hydrogen) atoms. The molecule has 0 amide bonds. The Morgan fingerprint density at radius 3 is 2.74 bits per heavy atom. The number of alkyl halides is 3. The molecule has 0 unspecified atom stereocenters. The first kappa shape index (κ1) is 16.2. The third-order valence-electron chi connectivity index (χ3n) is 3.09. The van der Waals surface area contributed by atoms with Crippen LogP contribution in [0.5, 0.6) is 0 Å². The maximum Gasteiger partial charge on any atom is 0.411 e. The van der Waals surface area contributed by atoms with E-state index in [1.54, 1.807) is 0 Å². The molecule has 1 saturated heterocycles. The summed E-state index contributed by atoms with van der Waals surface area (Å²) in [5.74, 6) is -0.268. The number of methoxy groups -OCH3 is 1. The molecule has 0 saturated carbocycles. The number of nitrogens with zero attached hydrogens (tertiary/aromatic N) is 1. The third-order valence-corrected chi connectivity index (χ3v) is 3.09. The van der Waals surface area contributed by atoms with Gasteiger partial charge in [-0.3, -0.25) is 9.69 Å². The van der Waals surface area contributed by atoms with E-state index in [1.165, 1.54) is 7.11 Å². The molecule has 0 aliphatic carbocycles. The van der Waals surface area contributed by atoms with Gasteiger partial charge in [-0.05, 0) is 25.8 Å². The minimum Gasteiger partial charge on any atom is -0.468 e. The molecule has 0 aromatic heterocycles. The van der Waals surface area contributed by atoms with Crippen LogP contribution in [0.15, 0.2) is 0 Å². The van der Waals surface area contributed by atoms with Crippen molar-refractivity contribution < 1.29 is 27.4 Å². The number of esters is 1. The Morgan fingerprint density at radius 1 is 1.37 bits per heavy atom. The number of hydrogen-bond donors (Lipinski definition) is 0. The third kappa shape index (κ3) is 6.24. The molecule has 0 radical (unpaired) electrons. The lowest BCUT2D eigenvalue weighted by Crippen LogP contribution is -2.45. The lowest BCUT2D eigenvalue weighted by Gasteiger charge is -2.33. The van der Waals surface area contributed by atoms with Gasteiger partial charge < -0.3 is 9.47 Å². The molecule has 112 valence electrons. The van der Waals surface area contributed by atoms with Crippen LogP contribution in [0.25, 0.3) is 0 Å². The van der Waals surface area contributed by atoms with Gasteiger partial charge in [0, 0.05) is 13.2 Å². The Labute approximate surface area is 110 Å². The van der Waals surface area contributed by atoms with E-state index in [1.807, 2.05) is 4.90 Å². The van der Waals surface area contributed by atoms with Crippen molar-refractivity contribution in [2.75, 3.05) is 33.4 Å². The molecular formula is C12H20F3NO3. The van der Waals surface area contributed by atoms with Crippen molar-refractivity contribution in [1.82, 2.24) is 4.90 Å². The molecule has 0 spiro atoms. The van der Waals surface area contributed by atoms with Gasteiger partial charge in [0.15, 0.2) is 0 Å². The van der Waals surface area contributed by atoms with Crippen molar-refractivity contribution in [3.8, 4) is 0 Å². The Hall–Kier alpha value is -0.820. The SMILES string of the molecule is COC(=O)[C@H]1CCCCN1CCCOCC(F)(F)F. The predicted molar refractivity (Wildman–Crippen MR) is 62.7 cm³/mol. The number of likely N-dealkylation sites (tertiary alicyclic amines) is 1. The van der Waals surface area contributed by atoms with Crippen molar-refractivity contribution in [2.24, 2.45) is 0 Å². The van der Waals surface area contributed by atoms with Crippen molar-refractivity contribution in [3.63, 3.8) is 0 Å². The van der Waals surface area contributed by atoms with Crippen LogP contribution < -0.4 is 0 Å². The fraction of sp³-hybridized carbons (Fsp3) is 0.917. The molecular weight excluding hydrogens is 263 g/mol. The molecule has 1 fully saturated rings. The van der Waals surface area contributed by atoms with Gasteiger partial charge in [-0.15, -0.1) is 0 Å². The van der Waals surface area contributed by atoms with E-state index in [0.29, 0.717) is 13.0 Å².